The number of carbonyl (C=O) groups excluding carboxylic acids is 2. The normalized spacial score (nSPS) is 13.5. The number of hydrogen-bond acceptors (Lipinski definition) is 3. The SMILES string of the molecule is CC(=O)N(CCC(=O)N(C)c1ccccc1)c1ccc(N2CCCC2)cc1. The summed E-state index contributed by atoms with van der Waals surface area (Å²) in [7, 11) is 1.76. The molecule has 3 rings (SSSR count). The average Bonchev–Trinajstić information content (AvgIpc) is 3.23. The Kier molecular flexibility index (Phi) is 6.12. The van der Waals surface area contributed by atoms with Crippen LogP contribution in [0.3, 0.4) is 0 Å². The van der Waals surface area contributed by atoms with Gasteiger partial charge in [-0.25, -0.2) is 0 Å². The van der Waals surface area contributed by atoms with Crippen LogP contribution >= 0.6 is 0 Å². The largest absolute Gasteiger partial charge is 0.372 e. The van der Waals surface area contributed by atoms with Crippen molar-refractivity contribution in [2.45, 2.75) is 26.2 Å². The van der Waals surface area contributed by atoms with E-state index in [4.69, 9.17) is 0 Å². The first kappa shape index (κ1) is 19.0. The maximum Gasteiger partial charge on any atom is 0.228 e. The molecule has 27 heavy (non-hydrogen) atoms. The monoisotopic (exact) mass is 365 g/mol. The summed E-state index contributed by atoms with van der Waals surface area (Å²) in [5.74, 6) is -0.0692. The van der Waals surface area contributed by atoms with E-state index < -0.39 is 0 Å². The Morgan fingerprint density at radius 3 is 2.15 bits per heavy atom. The lowest BCUT2D eigenvalue weighted by Gasteiger charge is -2.24. The highest BCUT2D eigenvalue weighted by atomic mass is 16.2. The fourth-order valence-electron chi connectivity index (χ4n) is 3.46. The topological polar surface area (TPSA) is 43.9 Å². The van der Waals surface area contributed by atoms with Gasteiger partial charge >= 0.3 is 0 Å². The third kappa shape index (κ3) is 4.67. The van der Waals surface area contributed by atoms with Gasteiger partial charge in [0, 0.05) is 57.1 Å². The van der Waals surface area contributed by atoms with Crippen molar-refractivity contribution in [3.63, 3.8) is 0 Å². The van der Waals surface area contributed by atoms with Gasteiger partial charge in [-0.2, -0.15) is 0 Å². The van der Waals surface area contributed by atoms with Gasteiger partial charge in [0.2, 0.25) is 11.8 Å². The number of para-hydroxylation sites is 1. The van der Waals surface area contributed by atoms with E-state index in [0.29, 0.717) is 6.54 Å². The summed E-state index contributed by atoms with van der Waals surface area (Å²) in [6, 6.07) is 17.6. The van der Waals surface area contributed by atoms with Gasteiger partial charge < -0.3 is 14.7 Å². The van der Waals surface area contributed by atoms with E-state index >= 15 is 0 Å². The second-order valence-electron chi connectivity index (χ2n) is 6.92. The fourth-order valence-corrected chi connectivity index (χ4v) is 3.46. The smallest absolute Gasteiger partial charge is 0.228 e. The Labute approximate surface area is 161 Å². The van der Waals surface area contributed by atoms with E-state index in [1.54, 1.807) is 23.8 Å². The Bertz CT molecular complexity index is 768. The van der Waals surface area contributed by atoms with Crippen LogP contribution in [-0.2, 0) is 9.59 Å². The van der Waals surface area contributed by atoms with Crippen molar-refractivity contribution in [1.29, 1.82) is 0 Å². The number of rotatable bonds is 6. The molecule has 2 aromatic rings. The first-order valence-corrected chi connectivity index (χ1v) is 9.51. The summed E-state index contributed by atoms with van der Waals surface area (Å²) in [4.78, 5) is 30.3. The van der Waals surface area contributed by atoms with Gasteiger partial charge in [-0.05, 0) is 49.2 Å². The highest BCUT2D eigenvalue weighted by molar-refractivity contribution is 5.95. The van der Waals surface area contributed by atoms with Crippen molar-refractivity contribution in [3.05, 3.63) is 54.6 Å². The molecule has 0 unspecified atom stereocenters. The molecule has 0 radical (unpaired) electrons. The van der Waals surface area contributed by atoms with Crippen LogP contribution in [-0.4, -0.2) is 38.5 Å². The summed E-state index contributed by atoms with van der Waals surface area (Å²) >= 11 is 0. The van der Waals surface area contributed by atoms with E-state index in [1.807, 2.05) is 42.5 Å². The van der Waals surface area contributed by atoms with Gasteiger partial charge in [0.25, 0.3) is 0 Å². The zero-order valence-corrected chi connectivity index (χ0v) is 16.1. The minimum atomic E-state index is -0.0564. The van der Waals surface area contributed by atoms with Crippen LogP contribution in [0.2, 0.25) is 0 Å². The van der Waals surface area contributed by atoms with Gasteiger partial charge in [0.05, 0.1) is 0 Å². The lowest BCUT2D eigenvalue weighted by Crippen LogP contribution is -2.34. The van der Waals surface area contributed by atoms with Gasteiger partial charge in [-0.3, -0.25) is 9.59 Å². The molecule has 0 bridgehead atoms. The molecule has 0 N–H and O–H groups in total. The van der Waals surface area contributed by atoms with Gasteiger partial charge in [-0.15, -0.1) is 0 Å². The molecule has 0 aliphatic carbocycles. The second-order valence-corrected chi connectivity index (χ2v) is 6.92. The number of anilines is 3. The van der Waals surface area contributed by atoms with E-state index in [9.17, 15) is 9.59 Å². The maximum absolute atomic E-state index is 12.5. The summed E-state index contributed by atoms with van der Waals surface area (Å²) < 4.78 is 0. The Hall–Kier alpha value is -2.82. The number of amides is 2. The molecular weight excluding hydrogens is 338 g/mol. The van der Waals surface area contributed by atoms with Crippen LogP contribution in [0.1, 0.15) is 26.2 Å². The molecule has 1 aliphatic heterocycles. The molecule has 1 aliphatic rings. The molecule has 1 fully saturated rings. The highest BCUT2D eigenvalue weighted by Gasteiger charge is 2.17. The van der Waals surface area contributed by atoms with Gasteiger partial charge in [-0.1, -0.05) is 18.2 Å². The molecule has 0 aromatic heterocycles. The maximum atomic E-state index is 12.5. The van der Waals surface area contributed by atoms with Crippen molar-refractivity contribution < 1.29 is 9.59 Å². The molecule has 5 heteroatoms. The average molecular weight is 365 g/mol. The molecular formula is C22H27N3O2. The number of benzene rings is 2. The van der Waals surface area contributed by atoms with E-state index in [0.717, 1.165) is 24.5 Å². The molecule has 0 spiro atoms. The minimum Gasteiger partial charge on any atom is -0.372 e. The van der Waals surface area contributed by atoms with Crippen molar-refractivity contribution in [3.8, 4) is 0 Å². The lowest BCUT2D eigenvalue weighted by molar-refractivity contribution is -0.118. The molecule has 142 valence electrons. The van der Waals surface area contributed by atoms with E-state index in [1.165, 1.54) is 18.5 Å². The van der Waals surface area contributed by atoms with Crippen LogP contribution in [0.4, 0.5) is 17.1 Å². The molecule has 0 atom stereocenters. The number of carbonyl (C=O) groups is 2. The first-order chi connectivity index (χ1) is 13.1. The van der Waals surface area contributed by atoms with Crippen molar-refractivity contribution in [2.75, 3.05) is 41.4 Å². The Morgan fingerprint density at radius 1 is 0.926 bits per heavy atom. The molecule has 0 saturated carbocycles. The van der Waals surface area contributed by atoms with E-state index in [-0.39, 0.29) is 18.2 Å². The van der Waals surface area contributed by atoms with Gasteiger partial charge in [0.1, 0.15) is 0 Å². The number of hydrogen-bond donors (Lipinski definition) is 0. The van der Waals surface area contributed by atoms with Crippen molar-refractivity contribution in [2.24, 2.45) is 0 Å². The quantitative estimate of drug-likeness (QED) is 0.784. The van der Waals surface area contributed by atoms with Crippen LogP contribution in [0.5, 0.6) is 0 Å². The molecule has 5 nitrogen and oxygen atoms in total. The van der Waals surface area contributed by atoms with Crippen LogP contribution in [0.25, 0.3) is 0 Å². The standard InChI is InChI=1S/C22H27N3O2/c1-18(26)25(17-14-22(27)23(2)19-8-4-3-5-9-19)21-12-10-20(11-13-21)24-15-6-7-16-24/h3-5,8-13H,6-7,14-17H2,1-2H3. The second kappa shape index (κ2) is 8.71. The Balaban J connectivity index is 1.63. The third-order valence-electron chi connectivity index (χ3n) is 5.08. The molecule has 2 amide bonds. The van der Waals surface area contributed by atoms with Crippen molar-refractivity contribution >= 4 is 28.9 Å². The first-order valence-electron chi connectivity index (χ1n) is 9.51. The molecule has 2 aromatic carbocycles. The van der Waals surface area contributed by atoms with Crippen molar-refractivity contribution in [1.82, 2.24) is 0 Å². The number of nitrogens with zero attached hydrogens (tertiary/aromatic N) is 3. The van der Waals surface area contributed by atoms with Crippen LogP contribution < -0.4 is 14.7 Å². The molecule has 1 saturated heterocycles. The summed E-state index contributed by atoms with van der Waals surface area (Å²) in [5.41, 5.74) is 2.88. The fraction of sp³-hybridized carbons (Fsp3) is 0.364. The van der Waals surface area contributed by atoms with Gasteiger partial charge in [0.15, 0.2) is 0 Å². The summed E-state index contributed by atoms with van der Waals surface area (Å²) in [5, 5.41) is 0. The van der Waals surface area contributed by atoms with Crippen LogP contribution in [0, 0.1) is 0 Å². The predicted octanol–water partition coefficient (Wildman–Crippen LogP) is 3.69. The van der Waals surface area contributed by atoms with E-state index in [2.05, 4.69) is 17.0 Å². The summed E-state index contributed by atoms with van der Waals surface area (Å²) in [6.45, 7) is 4.10. The lowest BCUT2D eigenvalue weighted by atomic mass is 10.2. The summed E-state index contributed by atoms with van der Waals surface area (Å²) in [6.07, 6.45) is 2.75. The molecule has 1 heterocycles. The highest BCUT2D eigenvalue weighted by Crippen LogP contribution is 2.24. The zero-order chi connectivity index (χ0) is 19.2. The predicted molar refractivity (Wildman–Crippen MR) is 110 cm³/mol. The third-order valence-corrected chi connectivity index (χ3v) is 5.08. The van der Waals surface area contributed by atoms with Crippen LogP contribution in [0.15, 0.2) is 54.6 Å². The zero-order valence-electron chi connectivity index (χ0n) is 16.1. The Morgan fingerprint density at radius 2 is 1.56 bits per heavy atom. The minimum absolute atomic E-state index is 0.0128.